The average molecular weight is 348 g/mol. The van der Waals surface area contributed by atoms with Crippen molar-refractivity contribution < 1.29 is 9.59 Å². The van der Waals surface area contributed by atoms with Crippen molar-refractivity contribution in [1.29, 1.82) is 0 Å². The SMILES string of the molecule is O=C(NCC1CC1)[C@H]1CCCN(C(=O)NC[C@@H]2CCN(C3CC3)C2)C1. The predicted octanol–water partition coefficient (Wildman–Crippen LogP) is 1.42. The Labute approximate surface area is 150 Å². The molecule has 2 saturated carbocycles. The van der Waals surface area contributed by atoms with Crippen LogP contribution in [0.2, 0.25) is 0 Å². The molecular weight excluding hydrogens is 316 g/mol. The van der Waals surface area contributed by atoms with E-state index in [0.717, 1.165) is 45.1 Å². The molecule has 6 heteroatoms. The predicted molar refractivity (Wildman–Crippen MR) is 96.1 cm³/mol. The van der Waals surface area contributed by atoms with Gasteiger partial charge < -0.3 is 20.4 Å². The smallest absolute Gasteiger partial charge is 0.317 e. The lowest BCUT2D eigenvalue weighted by molar-refractivity contribution is -0.126. The normalized spacial score (nSPS) is 30.3. The quantitative estimate of drug-likeness (QED) is 0.763. The molecule has 0 aromatic rings. The van der Waals surface area contributed by atoms with Crippen LogP contribution in [0.3, 0.4) is 0 Å². The van der Waals surface area contributed by atoms with Crippen LogP contribution in [0.4, 0.5) is 4.79 Å². The molecule has 2 atom stereocenters. The number of piperidine rings is 1. The molecule has 140 valence electrons. The van der Waals surface area contributed by atoms with Crippen LogP contribution in [0.5, 0.6) is 0 Å². The fourth-order valence-corrected chi connectivity index (χ4v) is 4.23. The van der Waals surface area contributed by atoms with E-state index in [4.69, 9.17) is 0 Å². The number of nitrogens with zero attached hydrogens (tertiary/aromatic N) is 2. The zero-order valence-corrected chi connectivity index (χ0v) is 15.2. The molecule has 4 aliphatic rings. The van der Waals surface area contributed by atoms with Crippen molar-refractivity contribution in [2.24, 2.45) is 17.8 Å². The Bertz CT molecular complexity index is 504. The maximum atomic E-state index is 12.5. The van der Waals surface area contributed by atoms with Gasteiger partial charge in [-0.2, -0.15) is 0 Å². The second-order valence-electron chi connectivity index (χ2n) is 8.54. The molecular formula is C19H32N4O2. The van der Waals surface area contributed by atoms with Crippen LogP contribution >= 0.6 is 0 Å². The minimum atomic E-state index is -0.0323. The van der Waals surface area contributed by atoms with Gasteiger partial charge in [0.15, 0.2) is 0 Å². The van der Waals surface area contributed by atoms with Gasteiger partial charge in [-0.15, -0.1) is 0 Å². The van der Waals surface area contributed by atoms with E-state index in [0.29, 0.717) is 18.4 Å². The minimum Gasteiger partial charge on any atom is -0.356 e. The van der Waals surface area contributed by atoms with Gasteiger partial charge in [-0.1, -0.05) is 0 Å². The first kappa shape index (κ1) is 17.1. The van der Waals surface area contributed by atoms with Crippen LogP contribution in [-0.2, 0) is 4.79 Å². The third kappa shape index (κ3) is 4.66. The van der Waals surface area contributed by atoms with Crippen LogP contribution in [0.25, 0.3) is 0 Å². The van der Waals surface area contributed by atoms with E-state index in [1.807, 2.05) is 4.90 Å². The zero-order valence-electron chi connectivity index (χ0n) is 15.2. The molecule has 25 heavy (non-hydrogen) atoms. The second kappa shape index (κ2) is 7.52. The van der Waals surface area contributed by atoms with Crippen molar-refractivity contribution in [3.05, 3.63) is 0 Å². The molecule has 3 amide bonds. The summed E-state index contributed by atoms with van der Waals surface area (Å²) >= 11 is 0. The van der Waals surface area contributed by atoms with Gasteiger partial charge in [0.25, 0.3) is 0 Å². The van der Waals surface area contributed by atoms with Gasteiger partial charge in [-0.3, -0.25) is 4.79 Å². The first-order valence-corrected chi connectivity index (χ1v) is 10.2. The number of amides is 3. The Morgan fingerprint density at radius 2 is 1.64 bits per heavy atom. The highest BCUT2D eigenvalue weighted by atomic mass is 16.2. The van der Waals surface area contributed by atoms with E-state index >= 15 is 0 Å². The number of urea groups is 1. The lowest BCUT2D eigenvalue weighted by atomic mass is 9.97. The largest absolute Gasteiger partial charge is 0.356 e. The Morgan fingerprint density at radius 3 is 2.40 bits per heavy atom. The molecule has 6 nitrogen and oxygen atoms in total. The number of likely N-dealkylation sites (tertiary alicyclic amines) is 2. The van der Waals surface area contributed by atoms with Gasteiger partial charge in [0.05, 0.1) is 5.92 Å². The van der Waals surface area contributed by atoms with E-state index in [-0.39, 0.29) is 17.9 Å². The van der Waals surface area contributed by atoms with E-state index < -0.39 is 0 Å². The van der Waals surface area contributed by atoms with E-state index in [9.17, 15) is 9.59 Å². The number of carbonyl (C=O) groups is 2. The van der Waals surface area contributed by atoms with Gasteiger partial charge >= 0.3 is 6.03 Å². The summed E-state index contributed by atoms with van der Waals surface area (Å²) < 4.78 is 0. The third-order valence-corrected chi connectivity index (χ3v) is 6.26. The van der Waals surface area contributed by atoms with E-state index in [2.05, 4.69) is 15.5 Å². The Hall–Kier alpha value is -1.30. The summed E-state index contributed by atoms with van der Waals surface area (Å²) in [5, 5.41) is 6.19. The number of hydrogen-bond acceptors (Lipinski definition) is 3. The lowest BCUT2D eigenvalue weighted by Gasteiger charge is -2.32. The molecule has 0 aromatic carbocycles. The number of rotatable bonds is 6. The van der Waals surface area contributed by atoms with Crippen molar-refractivity contribution in [3.8, 4) is 0 Å². The highest BCUT2D eigenvalue weighted by Gasteiger charge is 2.35. The third-order valence-electron chi connectivity index (χ3n) is 6.26. The Kier molecular flexibility index (Phi) is 5.15. The van der Waals surface area contributed by atoms with Crippen molar-refractivity contribution >= 4 is 11.9 Å². The first-order valence-electron chi connectivity index (χ1n) is 10.2. The van der Waals surface area contributed by atoms with Crippen molar-refractivity contribution in [2.75, 3.05) is 39.3 Å². The van der Waals surface area contributed by atoms with Gasteiger partial charge in [0, 0.05) is 38.8 Å². The first-order chi connectivity index (χ1) is 12.2. The fourth-order valence-electron chi connectivity index (χ4n) is 4.23. The van der Waals surface area contributed by atoms with E-state index in [1.165, 1.54) is 38.6 Å². The molecule has 2 N–H and O–H groups in total. The lowest BCUT2D eigenvalue weighted by Crippen LogP contribution is -2.49. The minimum absolute atomic E-state index is 0.0181. The van der Waals surface area contributed by atoms with Gasteiger partial charge in [-0.05, 0) is 63.3 Å². The maximum Gasteiger partial charge on any atom is 0.317 e. The van der Waals surface area contributed by atoms with Crippen LogP contribution in [0.15, 0.2) is 0 Å². The molecule has 2 aliphatic carbocycles. The number of carbonyl (C=O) groups excluding carboxylic acids is 2. The molecule has 4 rings (SSSR count). The molecule has 2 aliphatic heterocycles. The molecule has 2 heterocycles. The number of hydrogen-bond donors (Lipinski definition) is 2. The van der Waals surface area contributed by atoms with Crippen molar-refractivity contribution in [1.82, 2.24) is 20.4 Å². The van der Waals surface area contributed by atoms with E-state index in [1.54, 1.807) is 0 Å². The van der Waals surface area contributed by atoms with Crippen molar-refractivity contribution in [3.63, 3.8) is 0 Å². The standard InChI is InChI=1S/C19H32N4O2/c24-18(20-10-14-3-4-14)16-2-1-8-23(13-16)19(25)21-11-15-7-9-22(12-15)17-5-6-17/h14-17H,1-13H2,(H,20,24)(H,21,25)/t15-,16-/m0/s1. The second-order valence-corrected chi connectivity index (χ2v) is 8.54. The average Bonchev–Trinajstić information content (AvgIpc) is 3.57. The molecule has 0 unspecified atom stereocenters. The van der Waals surface area contributed by atoms with Gasteiger partial charge in [-0.25, -0.2) is 4.79 Å². The van der Waals surface area contributed by atoms with Crippen LogP contribution < -0.4 is 10.6 Å². The number of nitrogens with one attached hydrogen (secondary N) is 2. The van der Waals surface area contributed by atoms with Crippen molar-refractivity contribution in [2.45, 2.75) is 51.0 Å². The summed E-state index contributed by atoms with van der Waals surface area (Å²) in [5.41, 5.74) is 0. The van der Waals surface area contributed by atoms with Gasteiger partial charge in [0.1, 0.15) is 0 Å². The summed E-state index contributed by atoms with van der Waals surface area (Å²) in [6.07, 6.45) is 8.24. The molecule has 2 saturated heterocycles. The Morgan fingerprint density at radius 1 is 0.840 bits per heavy atom. The van der Waals surface area contributed by atoms with Crippen LogP contribution in [-0.4, -0.2) is 67.0 Å². The summed E-state index contributed by atoms with van der Waals surface area (Å²) in [4.78, 5) is 29.2. The highest BCUT2D eigenvalue weighted by Crippen LogP contribution is 2.31. The summed E-state index contributed by atoms with van der Waals surface area (Å²) in [7, 11) is 0. The molecule has 0 radical (unpaired) electrons. The van der Waals surface area contributed by atoms with Crippen LogP contribution in [0, 0.1) is 17.8 Å². The summed E-state index contributed by atoms with van der Waals surface area (Å²) in [5.74, 6) is 1.40. The van der Waals surface area contributed by atoms with Crippen LogP contribution in [0.1, 0.15) is 44.9 Å². The topological polar surface area (TPSA) is 64.7 Å². The zero-order chi connectivity index (χ0) is 17.2. The van der Waals surface area contributed by atoms with Gasteiger partial charge in [0.2, 0.25) is 5.91 Å². The molecule has 0 aromatic heterocycles. The monoisotopic (exact) mass is 348 g/mol. The fraction of sp³-hybridized carbons (Fsp3) is 0.895. The molecule has 4 fully saturated rings. The molecule has 0 bridgehead atoms. The highest BCUT2D eigenvalue weighted by molar-refractivity contribution is 5.80. The molecule has 0 spiro atoms. The maximum absolute atomic E-state index is 12.5. The Balaban J connectivity index is 1.18. The summed E-state index contributed by atoms with van der Waals surface area (Å²) in [6, 6.07) is 0.849. The summed E-state index contributed by atoms with van der Waals surface area (Å²) in [6.45, 7) is 5.27.